The van der Waals surface area contributed by atoms with Gasteiger partial charge in [-0.1, -0.05) is 6.42 Å². The molecular formula is C17H22N2O2. The highest BCUT2D eigenvalue weighted by Crippen LogP contribution is 2.31. The van der Waals surface area contributed by atoms with Crippen LogP contribution in [0.3, 0.4) is 0 Å². The Morgan fingerprint density at radius 1 is 1.33 bits per heavy atom. The summed E-state index contributed by atoms with van der Waals surface area (Å²) >= 11 is 0. The molecule has 21 heavy (non-hydrogen) atoms. The Morgan fingerprint density at radius 3 is 2.90 bits per heavy atom. The zero-order valence-electron chi connectivity index (χ0n) is 12.6. The van der Waals surface area contributed by atoms with Crippen LogP contribution < -0.4 is 10.1 Å². The number of benzene rings is 1. The fraction of sp³-hybridized carbons (Fsp3) is 0.471. The summed E-state index contributed by atoms with van der Waals surface area (Å²) in [5.74, 6) is 0.790. The van der Waals surface area contributed by atoms with Crippen molar-refractivity contribution in [2.24, 2.45) is 0 Å². The normalized spacial score (nSPS) is 20.4. The van der Waals surface area contributed by atoms with E-state index in [9.17, 15) is 5.11 Å². The van der Waals surface area contributed by atoms with Gasteiger partial charge in [0.2, 0.25) is 0 Å². The lowest BCUT2D eigenvalue weighted by Gasteiger charge is -2.29. The molecule has 0 aliphatic carbocycles. The number of aliphatic hydroxyl groups excluding tert-OH is 1. The fourth-order valence-electron chi connectivity index (χ4n) is 3.11. The fourth-order valence-corrected chi connectivity index (χ4v) is 3.11. The molecule has 1 saturated heterocycles. The molecule has 4 heteroatoms. The van der Waals surface area contributed by atoms with Gasteiger partial charge in [0.15, 0.2) is 0 Å². The summed E-state index contributed by atoms with van der Waals surface area (Å²) < 4.78 is 5.31. The SMILES string of the molecule is COc1ccc2nc(C)cc(C(O)C3CCCCN3)c2c1. The number of aliphatic hydroxyl groups is 1. The molecule has 3 rings (SSSR count). The van der Waals surface area contributed by atoms with E-state index in [1.807, 2.05) is 31.2 Å². The van der Waals surface area contributed by atoms with E-state index in [4.69, 9.17) is 4.74 Å². The first-order valence-electron chi connectivity index (χ1n) is 7.56. The van der Waals surface area contributed by atoms with Gasteiger partial charge in [-0.2, -0.15) is 0 Å². The first kappa shape index (κ1) is 14.3. The van der Waals surface area contributed by atoms with Crippen LogP contribution in [0.1, 0.15) is 36.6 Å². The lowest BCUT2D eigenvalue weighted by atomic mass is 9.92. The largest absolute Gasteiger partial charge is 0.497 e. The average molecular weight is 286 g/mol. The number of hydrogen-bond acceptors (Lipinski definition) is 4. The third-order valence-corrected chi connectivity index (χ3v) is 4.22. The van der Waals surface area contributed by atoms with Crippen LogP contribution in [0.5, 0.6) is 5.75 Å². The van der Waals surface area contributed by atoms with Gasteiger partial charge in [0.1, 0.15) is 5.75 Å². The maximum Gasteiger partial charge on any atom is 0.119 e. The van der Waals surface area contributed by atoms with E-state index in [1.165, 1.54) is 12.8 Å². The molecule has 2 heterocycles. The van der Waals surface area contributed by atoms with Crippen LogP contribution >= 0.6 is 0 Å². The first-order valence-corrected chi connectivity index (χ1v) is 7.56. The number of nitrogens with zero attached hydrogens (tertiary/aromatic N) is 1. The predicted octanol–water partition coefficient (Wildman–Crippen LogP) is 2.73. The molecular weight excluding hydrogens is 264 g/mol. The Labute approximate surface area is 125 Å². The maximum atomic E-state index is 10.8. The molecule has 2 aromatic rings. The molecule has 0 radical (unpaired) electrons. The smallest absolute Gasteiger partial charge is 0.119 e. The number of pyridine rings is 1. The van der Waals surface area contributed by atoms with Crippen molar-refractivity contribution in [3.05, 3.63) is 35.5 Å². The topological polar surface area (TPSA) is 54.4 Å². The third-order valence-electron chi connectivity index (χ3n) is 4.22. The van der Waals surface area contributed by atoms with E-state index < -0.39 is 6.10 Å². The molecule has 0 spiro atoms. The second kappa shape index (κ2) is 6.00. The van der Waals surface area contributed by atoms with E-state index in [2.05, 4.69) is 10.3 Å². The summed E-state index contributed by atoms with van der Waals surface area (Å²) in [5, 5.41) is 15.2. The molecule has 2 unspecified atom stereocenters. The molecule has 0 amide bonds. The Kier molecular flexibility index (Phi) is 4.08. The van der Waals surface area contributed by atoms with Crippen molar-refractivity contribution in [3.63, 3.8) is 0 Å². The Balaban J connectivity index is 2.06. The number of rotatable bonds is 3. The minimum atomic E-state index is -0.512. The van der Waals surface area contributed by atoms with Crippen molar-refractivity contribution in [3.8, 4) is 5.75 Å². The van der Waals surface area contributed by atoms with Crippen molar-refractivity contribution in [1.82, 2.24) is 10.3 Å². The maximum absolute atomic E-state index is 10.8. The van der Waals surface area contributed by atoms with Gasteiger partial charge in [-0.3, -0.25) is 4.98 Å². The molecule has 1 fully saturated rings. The number of ether oxygens (including phenoxy) is 1. The van der Waals surface area contributed by atoms with Crippen LogP contribution in [-0.2, 0) is 0 Å². The summed E-state index contributed by atoms with van der Waals surface area (Å²) in [7, 11) is 1.65. The molecule has 112 valence electrons. The van der Waals surface area contributed by atoms with Gasteiger partial charge in [0, 0.05) is 17.1 Å². The quantitative estimate of drug-likeness (QED) is 0.911. The summed E-state index contributed by atoms with van der Waals surface area (Å²) in [6.07, 6.45) is 2.85. The van der Waals surface area contributed by atoms with Crippen molar-refractivity contribution >= 4 is 10.9 Å². The summed E-state index contributed by atoms with van der Waals surface area (Å²) in [5.41, 5.74) is 2.77. The van der Waals surface area contributed by atoms with E-state index in [0.717, 1.165) is 40.9 Å². The Morgan fingerprint density at radius 2 is 2.19 bits per heavy atom. The molecule has 1 aromatic carbocycles. The Hall–Kier alpha value is -1.65. The number of piperidine rings is 1. The van der Waals surface area contributed by atoms with Gasteiger partial charge in [0.05, 0.1) is 18.7 Å². The van der Waals surface area contributed by atoms with Crippen LogP contribution in [0, 0.1) is 6.92 Å². The molecule has 1 aliphatic heterocycles. The molecule has 2 N–H and O–H groups in total. The van der Waals surface area contributed by atoms with E-state index >= 15 is 0 Å². The van der Waals surface area contributed by atoms with Crippen LogP contribution in [0.15, 0.2) is 24.3 Å². The van der Waals surface area contributed by atoms with E-state index in [-0.39, 0.29) is 6.04 Å². The molecule has 2 atom stereocenters. The molecule has 1 aromatic heterocycles. The predicted molar refractivity (Wildman–Crippen MR) is 83.6 cm³/mol. The van der Waals surface area contributed by atoms with Gasteiger partial charge < -0.3 is 15.2 Å². The van der Waals surface area contributed by atoms with Gasteiger partial charge in [-0.25, -0.2) is 0 Å². The summed E-state index contributed by atoms with van der Waals surface area (Å²) in [6.45, 7) is 2.95. The Bertz CT molecular complexity index is 636. The molecule has 4 nitrogen and oxygen atoms in total. The number of aryl methyl sites for hydroxylation is 1. The zero-order valence-corrected chi connectivity index (χ0v) is 12.6. The van der Waals surface area contributed by atoms with Gasteiger partial charge in [-0.15, -0.1) is 0 Å². The number of nitrogens with one attached hydrogen (secondary N) is 1. The highest BCUT2D eigenvalue weighted by Gasteiger charge is 2.24. The lowest BCUT2D eigenvalue weighted by molar-refractivity contribution is 0.115. The monoisotopic (exact) mass is 286 g/mol. The molecule has 0 bridgehead atoms. The van der Waals surface area contributed by atoms with Crippen LogP contribution in [0.4, 0.5) is 0 Å². The minimum Gasteiger partial charge on any atom is -0.497 e. The van der Waals surface area contributed by atoms with Gasteiger partial charge >= 0.3 is 0 Å². The van der Waals surface area contributed by atoms with Crippen LogP contribution in [0.2, 0.25) is 0 Å². The average Bonchev–Trinajstić information content (AvgIpc) is 2.53. The summed E-state index contributed by atoms with van der Waals surface area (Å²) in [6, 6.07) is 7.93. The lowest BCUT2D eigenvalue weighted by Crippen LogP contribution is -2.38. The second-order valence-electron chi connectivity index (χ2n) is 5.74. The molecule has 0 saturated carbocycles. The van der Waals surface area contributed by atoms with Crippen molar-refractivity contribution < 1.29 is 9.84 Å². The number of aromatic nitrogens is 1. The van der Waals surface area contributed by atoms with E-state index in [0.29, 0.717) is 0 Å². The number of methoxy groups -OCH3 is 1. The minimum absolute atomic E-state index is 0.120. The van der Waals surface area contributed by atoms with Gasteiger partial charge in [0.25, 0.3) is 0 Å². The molecule has 1 aliphatic rings. The number of hydrogen-bond donors (Lipinski definition) is 2. The third kappa shape index (κ3) is 2.87. The van der Waals surface area contributed by atoms with E-state index in [1.54, 1.807) is 7.11 Å². The zero-order chi connectivity index (χ0) is 14.8. The van der Waals surface area contributed by atoms with Crippen LogP contribution in [-0.4, -0.2) is 29.8 Å². The van der Waals surface area contributed by atoms with Crippen LogP contribution in [0.25, 0.3) is 10.9 Å². The highest BCUT2D eigenvalue weighted by molar-refractivity contribution is 5.84. The van der Waals surface area contributed by atoms with Gasteiger partial charge in [-0.05, 0) is 56.1 Å². The highest BCUT2D eigenvalue weighted by atomic mass is 16.5. The standard InChI is InChI=1S/C17H22N2O2/c1-11-9-14(17(20)16-5-3-4-8-18-16)13-10-12(21-2)6-7-15(13)19-11/h6-7,9-10,16-18,20H,3-5,8H2,1-2H3. The summed E-state index contributed by atoms with van der Waals surface area (Å²) in [4.78, 5) is 4.55. The number of fused-ring (bicyclic) bond motifs is 1. The van der Waals surface area contributed by atoms with Crippen molar-refractivity contribution in [2.75, 3.05) is 13.7 Å². The second-order valence-corrected chi connectivity index (χ2v) is 5.74. The van der Waals surface area contributed by atoms with Crippen molar-refractivity contribution in [1.29, 1.82) is 0 Å². The first-order chi connectivity index (χ1) is 10.2. The van der Waals surface area contributed by atoms with Crippen molar-refractivity contribution in [2.45, 2.75) is 38.3 Å².